The maximum atomic E-state index is 4.61. The Morgan fingerprint density at radius 2 is 0.488 bits per heavy atom. The second kappa shape index (κ2) is 17.0. The molecule has 0 aliphatic rings. The van der Waals surface area contributed by atoms with Crippen molar-refractivity contribution in [2.75, 3.05) is 0 Å². The van der Waals surface area contributed by atoms with Gasteiger partial charge in [0.25, 0.3) is 0 Å². The molecule has 0 heterocycles. The molecule has 0 unspecified atom stereocenters. The summed E-state index contributed by atoms with van der Waals surface area (Å²) in [5, 5.41) is 13.8. The van der Waals surface area contributed by atoms with Gasteiger partial charge in [0.2, 0.25) is 0 Å². The van der Waals surface area contributed by atoms with Crippen LogP contribution in [-0.4, -0.2) is 16.6 Å². The Balaban J connectivity index is 0. The fourth-order valence-corrected chi connectivity index (χ4v) is 4.21. The van der Waals surface area contributed by atoms with Crippen LogP contribution in [0.3, 0.4) is 0 Å². The summed E-state index contributed by atoms with van der Waals surface area (Å²) in [7, 11) is 0. The van der Waals surface area contributed by atoms with Crippen LogP contribution < -0.4 is 0 Å². The van der Waals surface area contributed by atoms with E-state index >= 15 is 0 Å². The Hall–Kier alpha value is -2.29. The van der Waals surface area contributed by atoms with E-state index in [0.717, 1.165) is 17.1 Å². The molecule has 0 saturated heterocycles. The molecule has 230 valence electrons. The van der Waals surface area contributed by atoms with Crippen LogP contribution in [0.25, 0.3) is 16.0 Å². The number of nitrogens with zero attached hydrogens (tertiary/aromatic N) is 3. The SMILES string of the molecule is Cc1cc(C)cc([N-]C(C)(C)C)c1.Cc1cc(C)cc([N-]C(C)(C)C)c1.Cc1cc(C)cc([N-]C(C)(C)C)c1.[Mo].[O-2]. The Morgan fingerprint density at radius 3 is 0.610 bits per heavy atom. The molecule has 0 N–H and O–H groups in total. The largest absolute Gasteiger partial charge is 2.00 e. The van der Waals surface area contributed by atoms with Crippen LogP contribution in [0.1, 0.15) is 95.7 Å². The standard InChI is InChI=1S/3C12H18N.Mo.O/c3*1-9-6-10(2)8-11(7-9)13-12(3,4)5;;/h3*6-8H,1-5H3;;/q3*-1;;-2. The molecular formula is C36H54MoN3O-5. The van der Waals surface area contributed by atoms with Crippen molar-refractivity contribution in [3.8, 4) is 0 Å². The van der Waals surface area contributed by atoms with Gasteiger partial charge in [-0.2, -0.15) is 0 Å². The molecule has 3 aromatic carbocycles. The second-order valence-electron chi connectivity index (χ2n) is 13.9. The van der Waals surface area contributed by atoms with Crippen molar-refractivity contribution < 1.29 is 26.5 Å². The van der Waals surface area contributed by atoms with E-state index < -0.39 is 0 Å². The predicted octanol–water partition coefficient (Wildman–Crippen LogP) is 12.2. The zero-order valence-corrected chi connectivity index (χ0v) is 30.4. The van der Waals surface area contributed by atoms with Crippen molar-refractivity contribution in [1.82, 2.24) is 0 Å². The summed E-state index contributed by atoms with van der Waals surface area (Å²) >= 11 is 0. The molecule has 0 saturated carbocycles. The molecule has 3 rings (SSSR count). The molecule has 0 bridgehead atoms. The van der Waals surface area contributed by atoms with E-state index in [-0.39, 0.29) is 43.2 Å². The van der Waals surface area contributed by atoms with Gasteiger partial charge in [0.05, 0.1) is 0 Å². The van der Waals surface area contributed by atoms with E-state index in [1.807, 2.05) is 0 Å². The van der Waals surface area contributed by atoms with Gasteiger partial charge in [-0.05, 0) is 41.5 Å². The first-order valence-corrected chi connectivity index (χ1v) is 14.0. The van der Waals surface area contributed by atoms with E-state index in [4.69, 9.17) is 0 Å². The van der Waals surface area contributed by atoms with Gasteiger partial charge in [0, 0.05) is 21.1 Å². The van der Waals surface area contributed by atoms with Crippen LogP contribution in [0, 0.1) is 41.5 Å². The summed E-state index contributed by atoms with van der Waals surface area (Å²) in [6, 6.07) is 19.2. The predicted molar refractivity (Wildman–Crippen MR) is 177 cm³/mol. The van der Waals surface area contributed by atoms with Gasteiger partial charge >= 0.3 is 0 Å². The summed E-state index contributed by atoms with van der Waals surface area (Å²) in [6.07, 6.45) is 0. The first-order chi connectivity index (χ1) is 17.6. The van der Waals surface area contributed by atoms with E-state index in [1.54, 1.807) is 0 Å². The summed E-state index contributed by atoms with van der Waals surface area (Å²) in [6.45, 7) is 31.7. The van der Waals surface area contributed by atoms with Crippen LogP contribution in [0.2, 0.25) is 0 Å². The van der Waals surface area contributed by atoms with Crippen LogP contribution in [0.5, 0.6) is 0 Å². The van der Waals surface area contributed by atoms with Crippen molar-refractivity contribution in [3.05, 3.63) is 104 Å². The summed E-state index contributed by atoms with van der Waals surface area (Å²) in [4.78, 5) is 0. The topological polar surface area (TPSA) is 70.8 Å². The van der Waals surface area contributed by atoms with E-state index in [2.05, 4.69) is 174 Å². The van der Waals surface area contributed by atoms with E-state index in [0.29, 0.717) is 0 Å². The van der Waals surface area contributed by atoms with Gasteiger partial charge in [-0.1, -0.05) is 150 Å². The molecule has 0 radical (unpaired) electrons. The Labute approximate surface area is 267 Å². The van der Waals surface area contributed by atoms with Crippen LogP contribution in [-0.2, 0) is 26.5 Å². The molecule has 0 spiro atoms. The molecule has 4 nitrogen and oxygen atoms in total. The minimum atomic E-state index is 0. The zero-order chi connectivity index (χ0) is 30.2. The van der Waals surface area contributed by atoms with E-state index in [9.17, 15) is 0 Å². The summed E-state index contributed by atoms with van der Waals surface area (Å²) < 4.78 is 0. The minimum Gasteiger partial charge on any atom is -2.00 e. The smallest absolute Gasteiger partial charge is 0 e. The Morgan fingerprint density at radius 1 is 0.341 bits per heavy atom. The first-order valence-electron chi connectivity index (χ1n) is 14.0. The molecule has 0 aliphatic carbocycles. The zero-order valence-electron chi connectivity index (χ0n) is 28.4. The average molecular weight is 641 g/mol. The van der Waals surface area contributed by atoms with Crippen LogP contribution >= 0.6 is 0 Å². The van der Waals surface area contributed by atoms with Gasteiger partial charge in [0.15, 0.2) is 0 Å². The van der Waals surface area contributed by atoms with Gasteiger partial charge in [-0.25, -0.2) is 0 Å². The maximum absolute atomic E-state index is 4.61. The number of hydrogen-bond donors (Lipinski definition) is 0. The Bertz CT molecular complexity index is 987. The average Bonchev–Trinajstić information content (AvgIpc) is 2.62. The molecule has 0 fully saturated rings. The molecule has 0 atom stereocenters. The minimum absolute atomic E-state index is 0. The van der Waals surface area contributed by atoms with Gasteiger partial charge < -0.3 is 21.4 Å². The van der Waals surface area contributed by atoms with Crippen LogP contribution in [0.4, 0.5) is 17.1 Å². The monoisotopic (exact) mass is 642 g/mol. The normalized spacial score (nSPS) is 10.9. The second-order valence-corrected chi connectivity index (χ2v) is 13.9. The molecule has 0 amide bonds. The molecule has 3 aromatic rings. The third-order valence-electron chi connectivity index (χ3n) is 5.01. The third-order valence-corrected chi connectivity index (χ3v) is 5.01. The van der Waals surface area contributed by atoms with Crippen molar-refractivity contribution >= 4 is 17.1 Å². The summed E-state index contributed by atoms with van der Waals surface area (Å²) in [5.74, 6) is 0. The van der Waals surface area contributed by atoms with Crippen molar-refractivity contribution in [2.45, 2.75) is 120 Å². The number of rotatable bonds is 3. The number of hydrogen-bond acceptors (Lipinski definition) is 0. The Kier molecular flexibility index (Phi) is 16.9. The molecule has 0 aromatic heterocycles. The van der Waals surface area contributed by atoms with Gasteiger partial charge in [-0.15, -0.1) is 33.7 Å². The van der Waals surface area contributed by atoms with Crippen molar-refractivity contribution in [1.29, 1.82) is 0 Å². The molecule has 0 aliphatic heterocycles. The van der Waals surface area contributed by atoms with E-state index in [1.165, 1.54) is 33.4 Å². The molecular weight excluding hydrogens is 586 g/mol. The van der Waals surface area contributed by atoms with Crippen molar-refractivity contribution in [3.63, 3.8) is 0 Å². The number of benzene rings is 3. The fourth-order valence-electron chi connectivity index (χ4n) is 4.21. The summed E-state index contributed by atoms with van der Waals surface area (Å²) in [5.41, 5.74) is 11.0. The van der Waals surface area contributed by atoms with Gasteiger partial charge in [0.1, 0.15) is 0 Å². The maximum Gasteiger partial charge on any atom is 0 e. The molecule has 5 heteroatoms. The third kappa shape index (κ3) is 20.3. The first kappa shape index (κ1) is 40.8. The molecule has 41 heavy (non-hydrogen) atoms. The van der Waals surface area contributed by atoms with Gasteiger partial charge in [-0.3, -0.25) is 0 Å². The fraction of sp³-hybridized carbons (Fsp3) is 0.500. The quantitative estimate of drug-likeness (QED) is 0.256. The van der Waals surface area contributed by atoms with Crippen LogP contribution in [0.15, 0.2) is 54.6 Å². The number of aryl methyl sites for hydroxylation is 6. The van der Waals surface area contributed by atoms with Crippen molar-refractivity contribution in [2.24, 2.45) is 0 Å².